The van der Waals surface area contributed by atoms with Crippen LogP contribution in [0.3, 0.4) is 0 Å². The Bertz CT molecular complexity index is 901. The zero-order valence-corrected chi connectivity index (χ0v) is 15.0. The third-order valence-corrected chi connectivity index (χ3v) is 4.34. The molecule has 0 unspecified atom stereocenters. The Hall–Kier alpha value is -2.46. The number of ether oxygens (including phenoxy) is 1. The van der Waals surface area contributed by atoms with E-state index in [4.69, 9.17) is 20.8 Å². The Kier molecular flexibility index (Phi) is 5.29. The van der Waals surface area contributed by atoms with E-state index in [1.165, 1.54) is 7.11 Å². The van der Waals surface area contributed by atoms with E-state index in [1.54, 1.807) is 18.2 Å². The van der Waals surface area contributed by atoms with Gasteiger partial charge in [-0.15, -0.1) is 0 Å². The van der Waals surface area contributed by atoms with E-state index in [0.29, 0.717) is 27.7 Å². The van der Waals surface area contributed by atoms with E-state index >= 15 is 0 Å². The Morgan fingerprint density at radius 3 is 2.76 bits per heavy atom. The number of carbonyl (C=O) groups excluding carboxylic acids is 1. The molecule has 2 aromatic carbocycles. The van der Waals surface area contributed by atoms with Crippen molar-refractivity contribution in [3.8, 4) is 5.75 Å². The van der Waals surface area contributed by atoms with E-state index in [9.17, 15) is 4.79 Å². The maximum atomic E-state index is 13.0. The van der Waals surface area contributed by atoms with Gasteiger partial charge < -0.3 is 14.5 Å². The highest BCUT2D eigenvalue weighted by Gasteiger charge is 2.22. The topological polar surface area (TPSA) is 51.5 Å². The summed E-state index contributed by atoms with van der Waals surface area (Å²) in [6.45, 7) is 2.91. The fourth-order valence-electron chi connectivity index (χ4n) is 2.71. The van der Waals surface area contributed by atoms with Crippen molar-refractivity contribution in [1.29, 1.82) is 0 Å². The van der Waals surface area contributed by atoms with E-state index in [0.717, 1.165) is 30.5 Å². The summed E-state index contributed by atoms with van der Waals surface area (Å²) in [4.78, 5) is 13.0. The number of rotatable bonds is 7. The standard InChI is InChI=1S/C20H20ClNO3/c1-3-4-11-22-18-14-7-5-6-8-16(14)25-20(18)19(23)13-9-10-17(24-2)15(21)12-13/h5-10,12,22H,3-4,11H2,1-2H3. The molecule has 0 saturated carbocycles. The van der Waals surface area contributed by atoms with Gasteiger partial charge in [0.25, 0.3) is 0 Å². The van der Waals surface area contributed by atoms with Crippen molar-refractivity contribution < 1.29 is 13.9 Å². The van der Waals surface area contributed by atoms with Crippen LogP contribution in [-0.4, -0.2) is 19.4 Å². The molecule has 0 saturated heterocycles. The van der Waals surface area contributed by atoms with E-state index in [2.05, 4.69) is 12.2 Å². The van der Waals surface area contributed by atoms with Crippen LogP contribution in [0, 0.1) is 0 Å². The highest BCUT2D eigenvalue weighted by atomic mass is 35.5. The number of furan rings is 1. The lowest BCUT2D eigenvalue weighted by atomic mass is 10.1. The van der Waals surface area contributed by atoms with Crippen molar-refractivity contribution in [2.75, 3.05) is 19.0 Å². The second kappa shape index (κ2) is 7.62. The second-order valence-electron chi connectivity index (χ2n) is 5.76. The molecular weight excluding hydrogens is 338 g/mol. The van der Waals surface area contributed by atoms with Crippen molar-refractivity contribution in [2.24, 2.45) is 0 Å². The molecule has 1 aromatic heterocycles. The smallest absolute Gasteiger partial charge is 0.230 e. The molecule has 5 heteroatoms. The molecule has 0 atom stereocenters. The van der Waals surface area contributed by atoms with Gasteiger partial charge in [0.2, 0.25) is 5.78 Å². The van der Waals surface area contributed by atoms with Crippen LogP contribution in [0.1, 0.15) is 35.9 Å². The Labute approximate surface area is 151 Å². The lowest BCUT2D eigenvalue weighted by Crippen LogP contribution is -2.07. The fraction of sp³-hybridized carbons (Fsp3) is 0.250. The van der Waals surface area contributed by atoms with Crippen LogP contribution in [0.5, 0.6) is 5.75 Å². The molecular formula is C20H20ClNO3. The molecule has 3 aromatic rings. The van der Waals surface area contributed by atoms with Crippen LogP contribution < -0.4 is 10.1 Å². The van der Waals surface area contributed by atoms with Crippen molar-refractivity contribution in [2.45, 2.75) is 19.8 Å². The van der Waals surface area contributed by atoms with E-state index in [-0.39, 0.29) is 5.78 Å². The van der Waals surface area contributed by atoms with Crippen LogP contribution in [0.4, 0.5) is 5.69 Å². The zero-order chi connectivity index (χ0) is 17.8. The van der Waals surface area contributed by atoms with Gasteiger partial charge >= 0.3 is 0 Å². The molecule has 0 aliphatic heterocycles. The molecule has 0 spiro atoms. The maximum absolute atomic E-state index is 13.0. The summed E-state index contributed by atoms with van der Waals surface area (Å²) in [7, 11) is 1.54. The number of anilines is 1. The first-order valence-corrected chi connectivity index (χ1v) is 8.67. The van der Waals surface area contributed by atoms with Crippen LogP contribution in [-0.2, 0) is 0 Å². The summed E-state index contributed by atoms with van der Waals surface area (Å²) in [5.41, 5.74) is 1.88. The molecule has 4 nitrogen and oxygen atoms in total. The zero-order valence-electron chi connectivity index (χ0n) is 14.3. The number of hydrogen-bond acceptors (Lipinski definition) is 4. The fourth-order valence-corrected chi connectivity index (χ4v) is 2.97. The normalized spacial score (nSPS) is 10.8. The molecule has 0 amide bonds. The van der Waals surface area contributed by atoms with Crippen molar-refractivity contribution >= 4 is 34.0 Å². The highest BCUT2D eigenvalue weighted by molar-refractivity contribution is 6.32. The first-order chi connectivity index (χ1) is 12.2. The first-order valence-electron chi connectivity index (χ1n) is 8.29. The Balaban J connectivity index is 2.02. The SMILES string of the molecule is CCCCNc1c(C(=O)c2ccc(OC)c(Cl)c2)oc2ccccc12. The molecule has 0 aliphatic carbocycles. The maximum Gasteiger partial charge on any atom is 0.230 e. The number of methoxy groups -OCH3 is 1. The molecule has 1 N–H and O–H groups in total. The van der Waals surface area contributed by atoms with Gasteiger partial charge in [-0.25, -0.2) is 0 Å². The number of ketones is 1. The van der Waals surface area contributed by atoms with Crippen LogP contribution >= 0.6 is 11.6 Å². The predicted molar refractivity (Wildman–Crippen MR) is 101 cm³/mol. The first kappa shape index (κ1) is 17.4. The van der Waals surface area contributed by atoms with Crippen LogP contribution in [0.25, 0.3) is 11.0 Å². The minimum atomic E-state index is -0.209. The van der Waals surface area contributed by atoms with Gasteiger partial charge in [0.15, 0.2) is 5.76 Å². The van der Waals surface area contributed by atoms with Crippen LogP contribution in [0.15, 0.2) is 46.9 Å². The summed E-state index contributed by atoms with van der Waals surface area (Å²) < 4.78 is 11.0. The Morgan fingerprint density at radius 2 is 2.04 bits per heavy atom. The minimum absolute atomic E-state index is 0.209. The third-order valence-electron chi connectivity index (χ3n) is 4.05. The number of fused-ring (bicyclic) bond motifs is 1. The number of halogens is 1. The number of hydrogen-bond donors (Lipinski definition) is 1. The molecule has 0 bridgehead atoms. The lowest BCUT2D eigenvalue weighted by molar-refractivity contribution is 0.101. The summed E-state index contributed by atoms with van der Waals surface area (Å²) in [5.74, 6) is 0.627. The van der Waals surface area contributed by atoms with Crippen LogP contribution in [0.2, 0.25) is 5.02 Å². The lowest BCUT2D eigenvalue weighted by Gasteiger charge is -2.07. The number of nitrogens with one attached hydrogen (secondary N) is 1. The van der Waals surface area contributed by atoms with Gasteiger partial charge in [-0.3, -0.25) is 4.79 Å². The summed E-state index contributed by atoms with van der Waals surface area (Å²) in [5, 5.41) is 4.65. The number of carbonyl (C=O) groups is 1. The summed E-state index contributed by atoms with van der Waals surface area (Å²) in [6, 6.07) is 12.6. The molecule has 0 radical (unpaired) electrons. The summed E-state index contributed by atoms with van der Waals surface area (Å²) >= 11 is 6.16. The average molecular weight is 358 g/mol. The largest absolute Gasteiger partial charge is 0.495 e. The number of unbranched alkanes of at least 4 members (excludes halogenated alkanes) is 1. The molecule has 0 fully saturated rings. The van der Waals surface area contributed by atoms with Gasteiger partial charge in [0.1, 0.15) is 11.3 Å². The minimum Gasteiger partial charge on any atom is -0.495 e. The molecule has 3 rings (SSSR count). The van der Waals surface area contributed by atoms with Gasteiger partial charge in [0.05, 0.1) is 17.8 Å². The third kappa shape index (κ3) is 3.49. The number of para-hydroxylation sites is 1. The van der Waals surface area contributed by atoms with Gasteiger partial charge in [-0.1, -0.05) is 37.1 Å². The summed E-state index contributed by atoms with van der Waals surface area (Å²) in [6.07, 6.45) is 2.08. The van der Waals surface area contributed by atoms with Crippen molar-refractivity contribution in [3.05, 3.63) is 58.8 Å². The van der Waals surface area contributed by atoms with E-state index < -0.39 is 0 Å². The van der Waals surface area contributed by atoms with Gasteiger partial charge in [0, 0.05) is 17.5 Å². The molecule has 130 valence electrons. The monoisotopic (exact) mass is 357 g/mol. The Morgan fingerprint density at radius 1 is 1.24 bits per heavy atom. The molecule has 25 heavy (non-hydrogen) atoms. The quantitative estimate of drug-likeness (QED) is 0.445. The second-order valence-corrected chi connectivity index (χ2v) is 6.17. The predicted octanol–water partition coefficient (Wildman–Crippen LogP) is 5.54. The number of benzene rings is 2. The molecule has 0 aliphatic rings. The van der Waals surface area contributed by atoms with E-state index in [1.807, 2.05) is 24.3 Å². The van der Waals surface area contributed by atoms with Gasteiger partial charge in [-0.05, 0) is 36.8 Å². The van der Waals surface area contributed by atoms with Crippen molar-refractivity contribution in [1.82, 2.24) is 0 Å². The average Bonchev–Trinajstić information content (AvgIpc) is 3.00. The molecule has 1 heterocycles. The van der Waals surface area contributed by atoms with Crippen molar-refractivity contribution in [3.63, 3.8) is 0 Å². The highest BCUT2D eigenvalue weighted by Crippen LogP contribution is 2.33. The van der Waals surface area contributed by atoms with Gasteiger partial charge in [-0.2, -0.15) is 0 Å².